The summed E-state index contributed by atoms with van der Waals surface area (Å²) in [7, 11) is 4.06. The summed E-state index contributed by atoms with van der Waals surface area (Å²) in [4.78, 5) is 16.6. The number of nitrogens with zero attached hydrogens (tertiary/aromatic N) is 2. The van der Waals surface area contributed by atoms with E-state index in [-0.39, 0.29) is 11.8 Å². The molecule has 4 nitrogen and oxygen atoms in total. The summed E-state index contributed by atoms with van der Waals surface area (Å²) < 4.78 is 0. The van der Waals surface area contributed by atoms with Crippen molar-refractivity contribution in [1.29, 1.82) is 0 Å². The molecule has 0 unspecified atom stereocenters. The first-order valence-corrected chi connectivity index (χ1v) is 9.28. The van der Waals surface area contributed by atoms with Gasteiger partial charge in [-0.3, -0.25) is 4.79 Å². The molecular formula is C22H28N2O2. The molecule has 2 aromatic carbocycles. The zero-order valence-electron chi connectivity index (χ0n) is 15.6. The van der Waals surface area contributed by atoms with Crippen molar-refractivity contribution in [2.45, 2.75) is 25.5 Å². The monoisotopic (exact) mass is 352 g/mol. The molecule has 1 N–H and O–H groups in total. The number of hydrogen-bond acceptors (Lipinski definition) is 3. The van der Waals surface area contributed by atoms with Gasteiger partial charge in [-0.2, -0.15) is 0 Å². The van der Waals surface area contributed by atoms with Gasteiger partial charge in [-0.15, -0.1) is 0 Å². The highest BCUT2D eigenvalue weighted by Crippen LogP contribution is 2.23. The Balaban J connectivity index is 1.58. The Morgan fingerprint density at radius 1 is 1.08 bits per heavy atom. The van der Waals surface area contributed by atoms with Crippen LogP contribution in [0.1, 0.15) is 27.9 Å². The number of aliphatic hydroxyl groups excluding tert-OH is 1. The first kappa shape index (κ1) is 18.6. The summed E-state index contributed by atoms with van der Waals surface area (Å²) in [5.74, 6) is 0.225. The molecule has 1 heterocycles. The van der Waals surface area contributed by atoms with Crippen LogP contribution in [-0.4, -0.2) is 54.1 Å². The Hall–Kier alpha value is -2.17. The molecule has 4 heteroatoms. The number of carbonyl (C=O) groups is 1. The Morgan fingerprint density at radius 2 is 1.77 bits per heavy atom. The van der Waals surface area contributed by atoms with Gasteiger partial charge in [0.05, 0.1) is 6.10 Å². The van der Waals surface area contributed by atoms with Crippen LogP contribution in [0.15, 0.2) is 54.6 Å². The Bertz CT molecular complexity index is 713. The summed E-state index contributed by atoms with van der Waals surface area (Å²) >= 11 is 0. The molecule has 138 valence electrons. The molecule has 1 aliphatic heterocycles. The molecule has 3 rings (SSSR count). The maximum Gasteiger partial charge on any atom is 0.253 e. The van der Waals surface area contributed by atoms with Gasteiger partial charge >= 0.3 is 0 Å². The SMILES string of the molecule is CN(C)Cc1ccc(C(=O)N2CC[C@H](Cc3ccccc3)[C@@H](O)C2)cc1. The maximum absolute atomic E-state index is 12.7. The number of rotatable bonds is 5. The fourth-order valence-corrected chi connectivity index (χ4v) is 3.62. The maximum atomic E-state index is 12.7. The molecule has 0 aliphatic carbocycles. The van der Waals surface area contributed by atoms with Crippen molar-refractivity contribution in [2.24, 2.45) is 5.92 Å². The van der Waals surface area contributed by atoms with Gasteiger partial charge in [0.1, 0.15) is 0 Å². The molecule has 0 spiro atoms. The third kappa shape index (κ3) is 4.71. The van der Waals surface area contributed by atoms with E-state index in [0.29, 0.717) is 18.7 Å². The van der Waals surface area contributed by atoms with Gasteiger partial charge in [-0.1, -0.05) is 42.5 Å². The highest BCUT2D eigenvalue weighted by molar-refractivity contribution is 5.94. The van der Waals surface area contributed by atoms with Crippen molar-refractivity contribution in [3.05, 3.63) is 71.3 Å². The largest absolute Gasteiger partial charge is 0.391 e. The van der Waals surface area contributed by atoms with E-state index in [2.05, 4.69) is 17.0 Å². The number of aliphatic hydroxyl groups is 1. The molecule has 0 saturated carbocycles. The second-order valence-corrected chi connectivity index (χ2v) is 7.49. The zero-order chi connectivity index (χ0) is 18.5. The molecule has 0 aromatic heterocycles. The van der Waals surface area contributed by atoms with E-state index in [9.17, 15) is 9.90 Å². The van der Waals surface area contributed by atoms with Crippen LogP contribution in [0, 0.1) is 5.92 Å². The number of carbonyl (C=O) groups excluding carboxylic acids is 1. The number of amides is 1. The zero-order valence-corrected chi connectivity index (χ0v) is 15.6. The van der Waals surface area contributed by atoms with Crippen LogP contribution in [0.5, 0.6) is 0 Å². The van der Waals surface area contributed by atoms with Crippen molar-refractivity contribution < 1.29 is 9.90 Å². The third-order valence-electron chi connectivity index (χ3n) is 5.05. The van der Waals surface area contributed by atoms with Gasteiger partial charge in [0, 0.05) is 25.2 Å². The van der Waals surface area contributed by atoms with Crippen LogP contribution in [0.2, 0.25) is 0 Å². The lowest BCUT2D eigenvalue weighted by molar-refractivity contribution is 0.0198. The molecule has 0 bridgehead atoms. The molecule has 0 radical (unpaired) electrons. The standard InChI is InChI=1S/C22H28N2O2/c1-23(2)15-18-8-10-19(11-9-18)22(26)24-13-12-20(21(25)16-24)14-17-6-4-3-5-7-17/h3-11,20-21,25H,12-16H2,1-2H3/t20-,21+/m1/s1. The molecule has 1 fully saturated rings. The lowest BCUT2D eigenvalue weighted by atomic mass is 9.87. The van der Waals surface area contributed by atoms with Crippen molar-refractivity contribution in [1.82, 2.24) is 9.80 Å². The number of likely N-dealkylation sites (tertiary alicyclic amines) is 1. The number of benzene rings is 2. The average Bonchev–Trinajstić information content (AvgIpc) is 2.64. The number of β-amino-alcohol motifs (C(OH)–C–C–N with tert-alkyl or cyclic N) is 1. The van der Waals surface area contributed by atoms with Crippen LogP contribution in [0.25, 0.3) is 0 Å². The second-order valence-electron chi connectivity index (χ2n) is 7.49. The lowest BCUT2D eigenvalue weighted by Gasteiger charge is -2.36. The molecule has 2 aromatic rings. The fourth-order valence-electron chi connectivity index (χ4n) is 3.62. The minimum atomic E-state index is -0.471. The fraction of sp³-hybridized carbons (Fsp3) is 0.409. The highest BCUT2D eigenvalue weighted by Gasteiger charge is 2.30. The molecule has 1 aliphatic rings. The topological polar surface area (TPSA) is 43.8 Å². The average molecular weight is 352 g/mol. The quantitative estimate of drug-likeness (QED) is 0.900. The Kier molecular flexibility index (Phi) is 6.07. The van der Waals surface area contributed by atoms with Crippen molar-refractivity contribution in [3.8, 4) is 0 Å². The van der Waals surface area contributed by atoms with Gasteiger partial charge in [0.15, 0.2) is 0 Å². The van der Waals surface area contributed by atoms with Crippen LogP contribution >= 0.6 is 0 Å². The van der Waals surface area contributed by atoms with Crippen molar-refractivity contribution >= 4 is 5.91 Å². The molecule has 26 heavy (non-hydrogen) atoms. The first-order chi connectivity index (χ1) is 12.5. The minimum Gasteiger partial charge on any atom is -0.391 e. The highest BCUT2D eigenvalue weighted by atomic mass is 16.3. The Labute approximate surface area is 156 Å². The normalized spacial score (nSPS) is 20.4. The van der Waals surface area contributed by atoms with E-state index in [1.807, 2.05) is 56.6 Å². The van der Waals surface area contributed by atoms with E-state index < -0.39 is 6.10 Å². The van der Waals surface area contributed by atoms with E-state index in [0.717, 1.165) is 19.4 Å². The third-order valence-corrected chi connectivity index (χ3v) is 5.05. The minimum absolute atomic E-state index is 0.0126. The Morgan fingerprint density at radius 3 is 2.38 bits per heavy atom. The smallest absolute Gasteiger partial charge is 0.253 e. The molecule has 1 amide bonds. The van der Waals surface area contributed by atoms with Crippen molar-refractivity contribution in [2.75, 3.05) is 27.2 Å². The van der Waals surface area contributed by atoms with Gasteiger partial charge in [-0.05, 0) is 56.1 Å². The predicted octanol–water partition coefficient (Wildman–Crippen LogP) is 2.81. The van der Waals surface area contributed by atoms with Gasteiger partial charge in [0.2, 0.25) is 0 Å². The molecule has 2 atom stereocenters. The van der Waals surface area contributed by atoms with E-state index >= 15 is 0 Å². The van der Waals surface area contributed by atoms with Gasteiger partial charge in [-0.25, -0.2) is 0 Å². The van der Waals surface area contributed by atoms with Gasteiger partial charge < -0.3 is 14.9 Å². The predicted molar refractivity (Wildman–Crippen MR) is 104 cm³/mol. The lowest BCUT2D eigenvalue weighted by Crippen LogP contribution is -2.47. The number of piperidine rings is 1. The molecular weight excluding hydrogens is 324 g/mol. The van der Waals surface area contributed by atoms with Crippen LogP contribution in [-0.2, 0) is 13.0 Å². The van der Waals surface area contributed by atoms with Crippen molar-refractivity contribution in [3.63, 3.8) is 0 Å². The summed E-state index contributed by atoms with van der Waals surface area (Å²) in [5.41, 5.74) is 3.13. The summed E-state index contributed by atoms with van der Waals surface area (Å²) in [5, 5.41) is 10.5. The summed E-state index contributed by atoms with van der Waals surface area (Å²) in [6, 6.07) is 18.1. The first-order valence-electron chi connectivity index (χ1n) is 9.28. The van der Waals surface area contributed by atoms with Gasteiger partial charge in [0.25, 0.3) is 5.91 Å². The summed E-state index contributed by atoms with van der Waals surface area (Å²) in [6.07, 6.45) is 1.23. The van der Waals surface area contributed by atoms with E-state index in [1.165, 1.54) is 11.1 Å². The van der Waals surface area contributed by atoms with E-state index in [1.54, 1.807) is 4.90 Å². The van der Waals surface area contributed by atoms with E-state index in [4.69, 9.17) is 0 Å². The molecule has 1 saturated heterocycles. The second kappa shape index (κ2) is 8.47. The summed E-state index contributed by atoms with van der Waals surface area (Å²) in [6.45, 7) is 1.97. The van der Waals surface area contributed by atoms with Crippen LogP contribution in [0.3, 0.4) is 0 Å². The number of hydrogen-bond donors (Lipinski definition) is 1. The van der Waals surface area contributed by atoms with Crippen LogP contribution in [0.4, 0.5) is 0 Å². The van der Waals surface area contributed by atoms with Crippen LogP contribution < -0.4 is 0 Å².